The van der Waals surface area contributed by atoms with Crippen LogP contribution in [0, 0.1) is 21.4 Å². The number of rotatable bonds is 6. The van der Waals surface area contributed by atoms with Crippen molar-refractivity contribution in [2.45, 2.75) is 39.2 Å². The molecular weight excluding hydrogens is 230 g/mol. The quantitative estimate of drug-likeness (QED) is 0.616. The molecule has 0 aromatic heterocycles. The lowest BCUT2D eigenvalue weighted by Crippen LogP contribution is -2.18. The molecule has 0 aliphatic rings. The van der Waals surface area contributed by atoms with Crippen molar-refractivity contribution in [1.29, 1.82) is 5.26 Å². The minimum absolute atomic E-state index is 0.0917. The van der Waals surface area contributed by atoms with Gasteiger partial charge in [0.15, 0.2) is 0 Å². The van der Waals surface area contributed by atoms with Crippen LogP contribution in [0.25, 0.3) is 0 Å². The second-order valence-corrected chi connectivity index (χ2v) is 4.14. The van der Waals surface area contributed by atoms with E-state index in [0.29, 0.717) is 11.7 Å². The molecule has 96 valence electrons. The Labute approximate surface area is 107 Å². The first kappa shape index (κ1) is 14.0. The van der Waals surface area contributed by atoms with Crippen LogP contribution in [-0.2, 0) is 0 Å². The normalized spacial score (nSPS) is 11.6. The number of nitro benzene ring substituents is 1. The van der Waals surface area contributed by atoms with Gasteiger partial charge in [-0.3, -0.25) is 10.1 Å². The van der Waals surface area contributed by atoms with Gasteiger partial charge in [-0.2, -0.15) is 5.26 Å². The Kier molecular flexibility index (Phi) is 5.12. The molecule has 1 atom stereocenters. The molecule has 0 spiro atoms. The van der Waals surface area contributed by atoms with Crippen molar-refractivity contribution in [1.82, 2.24) is 0 Å². The summed E-state index contributed by atoms with van der Waals surface area (Å²) >= 11 is 0. The molecule has 0 aliphatic heterocycles. The highest BCUT2D eigenvalue weighted by atomic mass is 16.6. The zero-order valence-electron chi connectivity index (χ0n) is 10.6. The van der Waals surface area contributed by atoms with Gasteiger partial charge in [0.05, 0.1) is 4.92 Å². The summed E-state index contributed by atoms with van der Waals surface area (Å²) in [5.41, 5.74) is 0.643. The lowest BCUT2D eigenvalue weighted by Gasteiger charge is -2.17. The summed E-state index contributed by atoms with van der Waals surface area (Å²) in [4.78, 5) is 10.3. The van der Waals surface area contributed by atoms with E-state index in [1.54, 1.807) is 6.07 Å². The van der Waals surface area contributed by atoms with Gasteiger partial charge in [-0.25, -0.2) is 0 Å². The standard InChI is InChI=1S/C13H17N3O2/c1-3-5-11(4-2)15-12-7-6-10(9-14)13(8-12)16(17)18/h6-8,11,15H,3-5H2,1-2H3. The SMILES string of the molecule is CCCC(CC)Nc1ccc(C#N)c([N+](=O)[O-])c1. The van der Waals surface area contributed by atoms with Gasteiger partial charge in [0.2, 0.25) is 0 Å². The van der Waals surface area contributed by atoms with E-state index in [1.807, 2.05) is 6.07 Å². The molecule has 1 unspecified atom stereocenters. The van der Waals surface area contributed by atoms with Gasteiger partial charge in [0.1, 0.15) is 11.6 Å². The summed E-state index contributed by atoms with van der Waals surface area (Å²) in [7, 11) is 0. The molecule has 0 radical (unpaired) electrons. The van der Waals surface area contributed by atoms with Crippen LogP contribution in [0.15, 0.2) is 18.2 Å². The van der Waals surface area contributed by atoms with E-state index in [1.165, 1.54) is 12.1 Å². The molecule has 1 aromatic carbocycles. The lowest BCUT2D eigenvalue weighted by atomic mass is 10.1. The summed E-state index contributed by atoms with van der Waals surface area (Å²) in [6.07, 6.45) is 3.04. The second-order valence-electron chi connectivity index (χ2n) is 4.14. The fraction of sp³-hybridized carbons (Fsp3) is 0.462. The molecular formula is C13H17N3O2. The van der Waals surface area contributed by atoms with Gasteiger partial charge in [-0.05, 0) is 25.0 Å². The van der Waals surface area contributed by atoms with Crippen molar-refractivity contribution in [3.8, 4) is 6.07 Å². The van der Waals surface area contributed by atoms with Crippen molar-refractivity contribution in [3.63, 3.8) is 0 Å². The summed E-state index contributed by atoms with van der Waals surface area (Å²) in [5, 5.41) is 22.9. The number of nitriles is 1. The van der Waals surface area contributed by atoms with Crippen LogP contribution in [0.4, 0.5) is 11.4 Å². The maximum atomic E-state index is 10.8. The van der Waals surface area contributed by atoms with Crippen LogP contribution in [0.5, 0.6) is 0 Å². The van der Waals surface area contributed by atoms with Crippen molar-refractivity contribution in [2.75, 3.05) is 5.32 Å². The van der Waals surface area contributed by atoms with E-state index in [4.69, 9.17) is 5.26 Å². The first-order chi connectivity index (χ1) is 8.62. The van der Waals surface area contributed by atoms with Crippen molar-refractivity contribution in [3.05, 3.63) is 33.9 Å². The highest BCUT2D eigenvalue weighted by molar-refractivity contribution is 5.59. The number of hydrogen-bond donors (Lipinski definition) is 1. The zero-order chi connectivity index (χ0) is 13.5. The van der Waals surface area contributed by atoms with Crippen LogP contribution >= 0.6 is 0 Å². The Bertz CT molecular complexity index is 466. The molecule has 0 saturated heterocycles. The van der Waals surface area contributed by atoms with Crippen LogP contribution < -0.4 is 5.32 Å². The molecule has 1 N–H and O–H groups in total. The minimum Gasteiger partial charge on any atom is -0.382 e. The smallest absolute Gasteiger partial charge is 0.289 e. The number of nitro groups is 1. The molecule has 0 aliphatic carbocycles. The van der Waals surface area contributed by atoms with Gasteiger partial charge in [-0.15, -0.1) is 0 Å². The first-order valence-corrected chi connectivity index (χ1v) is 6.07. The fourth-order valence-electron chi connectivity index (χ4n) is 1.83. The topological polar surface area (TPSA) is 79.0 Å². The van der Waals surface area contributed by atoms with Crippen LogP contribution in [0.2, 0.25) is 0 Å². The third-order valence-corrected chi connectivity index (χ3v) is 2.82. The number of hydrogen-bond acceptors (Lipinski definition) is 4. The monoisotopic (exact) mass is 247 g/mol. The Balaban J connectivity index is 2.95. The average molecular weight is 247 g/mol. The van der Waals surface area contributed by atoms with Crippen molar-refractivity contribution < 1.29 is 4.92 Å². The Morgan fingerprint density at radius 2 is 2.22 bits per heavy atom. The molecule has 1 rings (SSSR count). The van der Waals surface area contributed by atoms with Crippen LogP contribution in [-0.4, -0.2) is 11.0 Å². The Morgan fingerprint density at radius 1 is 1.50 bits per heavy atom. The summed E-state index contributed by atoms with van der Waals surface area (Å²) < 4.78 is 0. The van der Waals surface area contributed by atoms with Gasteiger partial charge in [0.25, 0.3) is 5.69 Å². The van der Waals surface area contributed by atoms with Gasteiger partial charge in [0, 0.05) is 17.8 Å². The maximum absolute atomic E-state index is 10.8. The van der Waals surface area contributed by atoms with Gasteiger partial charge >= 0.3 is 0 Å². The molecule has 0 heterocycles. The second kappa shape index (κ2) is 6.60. The maximum Gasteiger partial charge on any atom is 0.289 e. The van der Waals surface area contributed by atoms with E-state index < -0.39 is 4.92 Å². The summed E-state index contributed by atoms with van der Waals surface area (Å²) in [5.74, 6) is 0. The molecule has 1 aromatic rings. The van der Waals surface area contributed by atoms with E-state index >= 15 is 0 Å². The molecule has 5 nitrogen and oxygen atoms in total. The molecule has 0 saturated carbocycles. The van der Waals surface area contributed by atoms with E-state index in [-0.39, 0.29) is 11.3 Å². The molecule has 0 amide bonds. The van der Waals surface area contributed by atoms with Crippen LogP contribution in [0.1, 0.15) is 38.7 Å². The predicted molar refractivity (Wildman–Crippen MR) is 70.4 cm³/mol. The highest BCUT2D eigenvalue weighted by Gasteiger charge is 2.15. The molecule has 18 heavy (non-hydrogen) atoms. The predicted octanol–water partition coefficient (Wildman–Crippen LogP) is 3.46. The Morgan fingerprint density at radius 3 is 2.72 bits per heavy atom. The lowest BCUT2D eigenvalue weighted by molar-refractivity contribution is -0.385. The van der Waals surface area contributed by atoms with Crippen LogP contribution in [0.3, 0.4) is 0 Å². The molecule has 0 fully saturated rings. The minimum atomic E-state index is -0.523. The Hall–Kier alpha value is -2.09. The van der Waals surface area contributed by atoms with E-state index in [0.717, 1.165) is 19.3 Å². The van der Waals surface area contributed by atoms with Gasteiger partial charge in [-0.1, -0.05) is 20.3 Å². The number of anilines is 1. The largest absolute Gasteiger partial charge is 0.382 e. The first-order valence-electron chi connectivity index (χ1n) is 6.07. The zero-order valence-corrected chi connectivity index (χ0v) is 10.6. The average Bonchev–Trinajstić information content (AvgIpc) is 2.38. The van der Waals surface area contributed by atoms with E-state index in [2.05, 4.69) is 19.2 Å². The van der Waals surface area contributed by atoms with E-state index in [9.17, 15) is 10.1 Å². The fourth-order valence-corrected chi connectivity index (χ4v) is 1.83. The molecule has 0 bridgehead atoms. The third kappa shape index (κ3) is 3.45. The number of benzene rings is 1. The van der Waals surface area contributed by atoms with Gasteiger partial charge < -0.3 is 5.32 Å². The highest BCUT2D eigenvalue weighted by Crippen LogP contribution is 2.23. The summed E-state index contributed by atoms with van der Waals surface area (Å²) in [6, 6.07) is 6.76. The summed E-state index contributed by atoms with van der Waals surface area (Å²) in [6.45, 7) is 4.18. The van der Waals surface area contributed by atoms with Crippen molar-refractivity contribution >= 4 is 11.4 Å². The number of nitrogens with one attached hydrogen (secondary N) is 1. The number of nitrogens with zero attached hydrogens (tertiary/aromatic N) is 2. The van der Waals surface area contributed by atoms with Crippen molar-refractivity contribution in [2.24, 2.45) is 0 Å². The molecule has 5 heteroatoms. The third-order valence-electron chi connectivity index (χ3n) is 2.82.